The van der Waals surface area contributed by atoms with E-state index in [0.717, 1.165) is 43.3 Å². The highest BCUT2D eigenvalue weighted by Crippen LogP contribution is 2.33. The predicted octanol–water partition coefficient (Wildman–Crippen LogP) is 3.42. The fraction of sp³-hybridized carbons (Fsp3) is 0.500. The van der Waals surface area contributed by atoms with Crippen molar-refractivity contribution in [2.75, 3.05) is 46.9 Å². The van der Waals surface area contributed by atoms with E-state index in [-0.39, 0.29) is 12.5 Å². The van der Waals surface area contributed by atoms with Crippen molar-refractivity contribution >= 4 is 5.91 Å². The summed E-state index contributed by atoms with van der Waals surface area (Å²) in [5, 5.41) is 0. The number of benzene rings is 2. The van der Waals surface area contributed by atoms with Crippen LogP contribution in [0.4, 0.5) is 0 Å². The number of nitrogens with zero attached hydrogens (tertiary/aromatic N) is 3. The summed E-state index contributed by atoms with van der Waals surface area (Å²) in [5.41, 5.74) is 3.78. The number of hydrogen-bond acceptors (Lipinski definition) is 4. The fourth-order valence-corrected chi connectivity index (χ4v) is 4.21. The SMILES string of the molecule is CN(C)CCN(Cc1ccccc1)C(=O)COc1cccc2c1CN(CC1CC1)CC2. The Bertz CT molecular complexity index is 864. The first kappa shape index (κ1) is 21.8. The molecule has 2 aliphatic rings. The molecular weight excluding hydrogens is 386 g/mol. The molecule has 2 aromatic carbocycles. The van der Waals surface area contributed by atoms with Crippen molar-refractivity contribution in [2.45, 2.75) is 32.4 Å². The molecule has 5 heteroatoms. The van der Waals surface area contributed by atoms with Crippen molar-refractivity contribution in [2.24, 2.45) is 5.92 Å². The number of fused-ring (bicyclic) bond motifs is 1. The van der Waals surface area contributed by atoms with Crippen LogP contribution in [-0.4, -0.2) is 67.5 Å². The number of hydrogen-bond donors (Lipinski definition) is 0. The van der Waals surface area contributed by atoms with E-state index in [9.17, 15) is 4.79 Å². The Kier molecular flexibility index (Phi) is 7.25. The minimum Gasteiger partial charge on any atom is -0.483 e. The lowest BCUT2D eigenvalue weighted by molar-refractivity contribution is -0.134. The maximum Gasteiger partial charge on any atom is 0.260 e. The van der Waals surface area contributed by atoms with Crippen molar-refractivity contribution < 1.29 is 9.53 Å². The van der Waals surface area contributed by atoms with E-state index in [0.29, 0.717) is 13.1 Å². The second-order valence-corrected chi connectivity index (χ2v) is 9.22. The smallest absolute Gasteiger partial charge is 0.260 e. The third-order valence-corrected chi connectivity index (χ3v) is 6.26. The zero-order chi connectivity index (χ0) is 21.6. The van der Waals surface area contributed by atoms with E-state index in [1.165, 1.54) is 30.5 Å². The Balaban J connectivity index is 1.40. The van der Waals surface area contributed by atoms with Gasteiger partial charge in [-0.2, -0.15) is 0 Å². The summed E-state index contributed by atoms with van der Waals surface area (Å²) in [6.07, 6.45) is 3.82. The minimum atomic E-state index is 0.0361. The molecule has 5 nitrogen and oxygen atoms in total. The molecule has 1 amide bonds. The molecule has 0 N–H and O–H groups in total. The van der Waals surface area contributed by atoms with Gasteiger partial charge in [0.1, 0.15) is 5.75 Å². The zero-order valence-corrected chi connectivity index (χ0v) is 18.9. The van der Waals surface area contributed by atoms with Crippen LogP contribution in [0.3, 0.4) is 0 Å². The number of likely N-dealkylation sites (N-methyl/N-ethyl adjacent to an activating group) is 1. The van der Waals surface area contributed by atoms with Gasteiger partial charge in [0, 0.05) is 44.8 Å². The number of ether oxygens (including phenoxy) is 1. The number of carbonyl (C=O) groups excluding carboxylic acids is 1. The third kappa shape index (κ3) is 6.31. The summed E-state index contributed by atoms with van der Waals surface area (Å²) < 4.78 is 6.13. The van der Waals surface area contributed by atoms with Gasteiger partial charge in [0.2, 0.25) is 0 Å². The van der Waals surface area contributed by atoms with E-state index < -0.39 is 0 Å². The summed E-state index contributed by atoms with van der Waals surface area (Å²) in [4.78, 5) is 19.7. The van der Waals surface area contributed by atoms with E-state index in [2.05, 4.69) is 34.1 Å². The van der Waals surface area contributed by atoms with Gasteiger partial charge in [-0.1, -0.05) is 42.5 Å². The fourth-order valence-electron chi connectivity index (χ4n) is 4.21. The molecule has 0 bridgehead atoms. The average Bonchev–Trinajstić information content (AvgIpc) is 3.59. The van der Waals surface area contributed by atoms with Gasteiger partial charge in [-0.05, 0) is 56.5 Å². The van der Waals surface area contributed by atoms with Crippen molar-refractivity contribution in [1.29, 1.82) is 0 Å². The summed E-state index contributed by atoms with van der Waals surface area (Å²) in [5.74, 6) is 1.80. The highest BCUT2D eigenvalue weighted by atomic mass is 16.5. The van der Waals surface area contributed by atoms with E-state index in [4.69, 9.17) is 4.74 Å². The average molecular weight is 422 g/mol. The van der Waals surface area contributed by atoms with E-state index >= 15 is 0 Å². The van der Waals surface area contributed by atoms with Crippen LogP contribution >= 0.6 is 0 Å². The lowest BCUT2D eigenvalue weighted by atomic mass is 9.98. The summed E-state index contributed by atoms with van der Waals surface area (Å²) in [7, 11) is 4.07. The minimum absolute atomic E-state index is 0.0361. The van der Waals surface area contributed by atoms with Crippen LogP contribution < -0.4 is 4.74 Å². The Morgan fingerprint density at radius 1 is 1.06 bits per heavy atom. The zero-order valence-electron chi connectivity index (χ0n) is 18.9. The maximum absolute atomic E-state index is 13.1. The third-order valence-electron chi connectivity index (χ3n) is 6.26. The molecule has 1 aliphatic heterocycles. The molecule has 1 fully saturated rings. The van der Waals surface area contributed by atoms with Crippen LogP contribution in [0.1, 0.15) is 29.5 Å². The highest BCUT2D eigenvalue weighted by Gasteiger charge is 2.27. The Hall–Kier alpha value is -2.37. The monoisotopic (exact) mass is 421 g/mol. The van der Waals surface area contributed by atoms with Crippen LogP contribution in [0.25, 0.3) is 0 Å². The molecule has 1 saturated carbocycles. The van der Waals surface area contributed by atoms with Gasteiger partial charge >= 0.3 is 0 Å². The second kappa shape index (κ2) is 10.3. The molecular formula is C26H35N3O2. The molecule has 166 valence electrons. The summed E-state index contributed by atoms with van der Waals surface area (Å²) >= 11 is 0. The first-order valence-electron chi connectivity index (χ1n) is 11.5. The van der Waals surface area contributed by atoms with Crippen LogP contribution in [0.5, 0.6) is 5.75 Å². The van der Waals surface area contributed by atoms with Crippen LogP contribution in [0.2, 0.25) is 0 Å². The van der Waals surface area contributed by atoms with Gasteiger partial charge in [-0.25, -0.2) is 0 Å². The molecule has 1 aliphatic carbocycles. The maximum atomic E-state index is 13.1. The van der Waals surface area contributed by atoms with Crippen LogP contribution in [0.15, 0.2) is 48.5 Å². The largest absolute Gasteiger partial charge is 0.483 e. The molecule has 0 atom stereocenters. The van der Waals surface area contributed by atoms with E-state index in [1.54, 1.807) is 0 Å². The van der Waals surface area contributed by atoms with Crippen molar-refractivity contribution in [3.05, 3.63) is 65.2 Å². The molecule has 0 saturated heterocycles. The van der Waals surface area contributed by atoms with E-state index in [1.807, 2.05) is 43.3 Å². The lowest BCUT2D eigenvalue weighted by Gasteiger charge is -2.30. The van der Waals surface area contributed by atoms with Gasteiger partial charge in [-0.3, -0.25) is 9.69 Å². The first-order chi connectivity index (χ1) is 15.1. The standard InChI is InChI=1S/C26H35N3O2/c1-27(2)15-16-29(18-21-7-4-3-5-8-21)26(30)20-31-25-10-6-9-23-13-14-28(19-24(23)25)17-22-11-12-22/h3-10,22H,11-20H2,1-2H3. The van der Waals surface area contributed by atoms with Crippen molar-refractivity contribution in [1.82, 2.24) is 14.7 Å². The molecule has 2 aromatic rings. The molecule has 0 unspecified atom stereocenters. The number of rotatable bonds is 10. The Morgan fingerprint density at radius 2 is 1.87 bits per heavy atom. The molecule has 0 radical (unpaired) electrons. The first-order valence-corrected chi connectivity index (χ1v) is 11.5. The van der Waals surface area contributed by atoms with Gasteiger partial charge in [-0.15, -0.1) is 0 Å². The van der Waals surface area contributed by atoms with Gasteiger partial charge in [0.05, 0.1) is 0 Å². The number of carbonyl (C=O) groups is 1. The molecule has 1 heterocycles. The molecule has 4 rings (SSSR count). The highest BCUT2D eigenvalue weighted by molar-refractivity contribution is 5.77. The van der Waals surface area contributed by atoms with Crippen molar-refractivity contribution in [3.63, 3.8) is 0 Å². The van der Waals surface area contributed by atoms with Crippen LogP contribution in [0, 0.1) is 5.92 Å². The predicted molar refractivity (Wildman–Crippen MR) is 124 cm³/mol. The van der Waals surface area contributed by atoms with Gasteiger partial charge in [0.15, 0.2) is 6.61 Å². The Labute approximate surface area is 186 Å². The summed E-state index contributed by atoms with van der Waals surface area (Å²) in [6.45, 7) is 5.47. The topological polar surface area (TPSA) is 36.0 Å². The normalized spacial score (nSPS) is 16.2. The second-order valence-electron chi connectivity index (χ2n) is 9.22. The molecule has 0 spiro atoms. The summed E-state index contributed by atoms with van der Waals surface area (Å²) in [6, 6.07) is 16.5. The molecule has 0 aromatic heterocycles. The van der Waals surface area contributed by atoms with Crippen LogP contribution in [-0.2, 0) is 24.3 Å². The lowest BCUT2D eigenvalue weighted by Crippen LogP contribution is -2.39. The molecule has 31 heavy (non-hydrogen) atoms. The quantitative estimate of drug-likeness (QED) is 0.589. The Morgan fingerprint density at radius 3 is 2.61 bits per heavy atom. The van der Waals surface area contributed by atoms with Crippen molar-refractivity contribution in [3.8, 4) is 5.75 Å². The van der Waals surface area contributed by atoms with Gasteiger partial charge in [0.25, 0.3) is 5.91 Å². The number of amides is 1. The van der Waals surface area contributed by atoms with Gasteiger partial charge < -0.3 is 14.5 Å².